The van der Waals surface area contributed by atoms with Crippen LogP contribution in [0, 0.1) is 0 Å². The van der Waals surface area contributed by atoms with Gasteiger partial charge in [0.05, 0.1) is 29.7 Å². The minimum absolute atomic E-state index is 0.107. The molecule has 1 aromatic heterocycles. The number of ether oxygens (including phenoxy) is 2. The molecule has 0 bridgehead atoms. The van der Waals surface area contributed by atoms with Gasteiger partial charge in [0, 0.05) is 6.54 Å². The molecule has 1 amide bonds. The van der Waals surface area contributed by atoms with Crippen molar-refractivity contribution in [3.05, 3.63) is 95.0 Å². The molecule has 0 radical (unpaired) electrons. The predicted octanol–water partition coefficient (Wildman–Crippen LogP) is 5.16. The number of carbonyl (C=O) groups excluding carboxylic acids is 1. The minimum atomic E-state index is -0.495. The van der Waals surface area contributed by atoms with Gasteiger partial charge in [0.25, 0.3) is 11.5 Å². The fourth-order valence-electron chi connectivity index (χ4n) is 4.22. The van der Waals surface area contributed by atoms with E-state index in [2.05, 4.69) is 6.92 Å². The molecule has 0 saturated heterocycles. The monoisotopic (exact) mass is 485 g/mol. The van der Waals surface area contributed by atoms with E-state index in [0.29, 0.717) is 40.5 Å². The molecule has 0 fully saturated rings. The van der Waals surface area contributed by atoms with Crippen LogP contribution in [0.25, 0.3) is 16.6 Å². The Morgan fingerprint density at radius 2 is 1.69 bits per heavy atom. The Labute approximate surface area is 210 Å². The number of amides is 1. The van der Waals surface area contributed by atoms with Gasteiger partial charge in [-0.15, -0.1) is 0 Å². The molecule has 0 saturated carbocycles. The second-order valence-electron chi connectivity index (χ2n) is 8.52. The van der Waals surface area contributed by atoms with Crippen molar-refractivity contribution in [3.8, 4) is 17.2 Å². The van der Waals surface area contributed by atoms with Crippen molar-refractivity contribution >= 4 is 16.8 Å². The highest BCUT2D eigenvalue weighted by molar-refractivity contribution is 5.79. The van der Waals surface area contributed by atoms with E-state index in [1.165, 1.54) is 0 Å². The third-order valence-corrected chi connectivity index (χ3v) is 6.15. The second-order valence-corrected chi connectivity index (χ2v) is 8.52. The molecule has 0 aliphatic heterocycles. The molecule has 0 spiro atoms. The van der Waals surface area contributed by atoms with Crippen LogP contribution in [0.5, 0.6) is 11.5 Å². The molecule has 0 aliphatic rings. The summed E-state index contributed by atoms with van der Waals surface area (Å²) >= 11 is 0. The second kappa shape index (κ2) is 11.5. The average molecular weight is 486 g/mol. The molecular weight excluding hydrogens is 454 g/mol. The molecule has 1 heterocycles. The number of rotatable bonds is 10. The Hall–Kier alpha value is -4.13. The molecule has 36 heavy (non-hydrogen) atoms. The number of aromatic nitrogens is 2. The van der Waals surface area contributed by atoms with Gasteiger partial charge in [0.1, 0.15) is 17.3 Å². The number of methoxy groups -OCH3 is 1. The lowest BCUT2D eigenvalue weighted by Gasteiger charge is -2.30. The SMILES string of the molecule is CCCCN(C(=O)COc1ccccc1)C(C)c1nc2ccccc2c(=O)n1-c1ccccc1OC. The number of carbonyl (C=O) groups is 1. The quantitative estimate of drug-likeness (QED) is 0.310. The first-order valence-electron chi connectivity index (χ1n) is 12.2. The largest absolute Gasteiger partial charge is 0.495 e. The van der Waals surface area contributed by atoms with E-state index in [9.17, 15) is 9.59 Å². The van der Waals surface area contributed by atoms with E-state index in [0.717, 1.165) is 12.8 Å². The van der Waals surface area contributed by atoms with Gasteiger partial charge in [0.15, 0.2) is 6.61 Å². The number of hydrogen-bond acceptors (Lipinski definition) is 5. The maximum atomic E-state index is 13.8. The van der Waals surface area contributed by atoms with E-state index < -0.39 is 6.04 Å². The van der Waals surface area contributed by atoms with E-state index >= 15 is 0 Å². The maximum absolute atomic E-state index is 13.8. The summed E-state index contributed by atoms with van der Waals surface area (Å²) in [7, 11) is 1.57. The zero-order valence-electron chi connectivity index (χ0n) is 20.9. The van der Waals surface area contributed by atoms with Crippen LogP contribution in [0.15, 0.2) is 83.7 Å². The topological polar surface area (TPSA) is 73.7 Å². The smallest absolute Gasteiger partial charge is 0.266 e. The van der Waals surface area contributed by atoms with Crippen LogP contribution >= 0.6 is 0 Å². The Bertz CT molecular complexity index is 1380. The van der Waals surface area contributed by atoms with E-state index in [1.807, 2.05) is 73.7 Å². The van der Waals surface area contributed by atoms with Gasteiger partial charge in [-0.1, -0.05) is 55.8 Å². The van der Waals surface area contributed by atoms with Crippen LogP contribution in [0.4, 0.5) is 0 Å². The van der Waals surface area contributed by atoms with Crippen LogP contribution in [-0.2, 0) is 4.79 Å². The number of para-hydroxylation sites is 4. The number of nitrogens with zero attached hydrogens (tertiary/aromatic N) is 3. The van der Waals surface area contributed by atoms with Crippen molar-refractivity contribution in [1.29, 1.82) is 0 Å². The number of hydrogen-bond donors (Lipinski definition) is 0. The van der Waals surface area contributed by atoms with E-state index in [-0.39, 0.29) is 18.1 Å². The van der Waals surface area contributed by atoms with Crippen LogP contribution in [0.1, 0.15) is 38.6 Å². The summed E-state index contributed by atoms with van der Waals surface area (Å²) in [5, 5.41) is 0.498. The van der Waals surface area contributed by atoms with Gasteiger partial charge in [-0.3, -0.25) is 14.2 Å². The van der Waals surface area contributed by atoms with Gasteiger partial charge >= 0.3 is 0 Å². The summed E-state index contributed by atoms with van der Waals surface area (Å²) < 4.78 is 12.9. The van der Waals surface area contributed by atoms with E-state index in [4.69, 9.17) is 14.5 Å². The predicted molar refractivity (Wildman–Crippen MR) is 141 cm³/mol. The number of benzene rings is 3. The van der Waals surface area contributed by atoms with Crippen LogP contribution in [-0.4, -0.2) is 40.6 Å². The Kier molecular flexibility index (Phi) is 8.00. The highest BCUT2D eigenvalue weighted by Crippen LogP contribution is 2.28. The molecule has 0 N–H and O–H groups in total. The van der Waals surface area contributed by atoms with Crippen molar-refractivity contribution < 1.29 is 14.3 Å². The Balaban J connectivity index is 1.80. The van der Waals surface area contributed by atoms with Gasteiger partial charge < -0.3 is 14.4 Å². The third-order valence-electron chi connectivity index (χ3n) is 6.15. The first-order valence-corrected chi connectivity index (χ1v) is 12.2. The summed E-state index contributed by atoms with van der Waals surface area (Å²) in [5.41, 5.74) is 0.947. The summed E-state index contributed by atoms with van der Waals surface area (Å²) in [5.74, 6) is 1.47. The van der Waals surface area contributed by atoms with Gasteiger partial charge in [-0.2, -0.15) is 0 Å². The number of unbranched alkanes of at least 4 members (excludes halogenated alkanes) is 1. The van der Waals surface area contributed by atoms with Crippen molar-refractivity contribution in [2.45, 2.75) is 32.7 Å². The van der Waals surface area contributed by atoms with Crippen molar-refractivity contribution in [3.63, 3.8) is 0 Å². The molecule has 0 aliphatic carbocycles. The van der Waals surface area contributed by atoms with Gasteiger partial charge in [-0.25, -0.2) is 4.98 Å². The molecular formula is C29H31N3O4. The summed E-state index contributed by atoms with van der Waals surface area (Å²) in [6.07, 6.45) is 1.73. The standard InChI is InChI=1S/C29H31N3O4/c1-4-5-19-31(27(33)20-36-22-13-7-6-8-14-22)21(2)28-30-24-16-10-9-15-23(24)29(34)32(28)25-17-11-12-18-26(25)35-3/h6-18,21H,4-5,19-20H2,1-3H3. The zero-order valence-corrected chi connectivity index (χ0v) is 20.9. The van der Waals surface area contributed by atoms with Gasteiger partial charge in [0.2, 0.25) is 0 Å². The molecule has 4 rings (SSSR count). The lowest BCUT2D eigenvalue weighted by Crippen LogP contribution is -2.40. The molecule has 7 nitrogen and oxygen atoms in total. The molecule has 3 aromatic carbocycles. The highest BCUT2D eigenvalue weighted by Gasteiger charge is 2.27. The highest BCUT2D eigenvalue weighted by atomic mass is 16.5. The maximum Gasteiger partial charge on any atom is 0.266 e. The zero-order chi connectivity index (χ0) is 25.5. The fourth-order valence-corrected chi connectivity index (χ4v) is 4.22. The van der Waals surface area contributed by atoms with Crippen molar-refractivity contribution in [1.82, 2.24) is 14.5 Å². The van der Waals surface area contributed by atoms with Gasteiger partial charge in [-0.05, 0) is 49.7 Å². The normalized spacial score (nSPS) is 11.8. The third kappa shape index (κ3) is 5.25. The first-order chi connectivity index (χ1) is 17.5. The molecule has 1 atom stereocenters. The minimum Gasteiger partial charge on any atom is -0.495 e. The van der Waals surface area contributed by atoms with E-state index in [1.54, 1.807) is 28.7 Å². The lowest BCUT2D eigenvalue weighted by atomic mass is 10.1. The van der Waals surface area contributed by atoms with Crippen molar-refractivity contribution in [2.75, 3.05) is 20.3 Å². The molecule has 7 heteroatoms. The first kappa shape index (κ1) is 25.0. The molecule has 186 valence electrons. The van der Waals surface area contributed by atoms with Crippen LogP contribution in [0.2, 0.25) is 0 Å². The average Bonchev–Trinajstić information content (AvgIpc) is 2.92. The summed E-state index contributed by atoms with van der Waals surface area (Å²) in [4.78, 5) is 33.8. The Morgan fingerprint density at radius 3 is 2.44 bits per heavy atom. The van der Waals surface area contributed by atoms with Crippen LogP contribution < -0.4 is 15.0 Å². The Morgan fingerprint density at radius 1 is 1.00 bits per heavy atom. The molecule has 1 unspecified atom stereocenters. The summed E-state index contributed by atoms with van der Waals surface area (Å²) in [6.45, 7) is 4.39. The van der Waals surface area contributed by atoms with Crippen LogP contribution in [0.3, 0.4) is 0 Å². The van der Waals surface area contributed by atoms with Crippen molar-refractivity contribution in [2.24, 2.45) is 0 Å². The summed E-state index contributed by atoms with van der Waals surface area (Å²) in [6, 6.07) is 23.3. The lowest BCUT2D eigenvalue weighted by molar-refractivity contribution is -0.135. The molecule has 4 aromatic rings. The fraction of sp³-hybridized carbons (Fsp3) is 0.276. The number of fused-ring (bicyclic) bond motifs is 1.